The predicted octanol–water partition coefficient (Wildman–Crippen LogP) is -0.195. The van der Waals surface area contributed by atoms with E-state index in [4.69, 9.17) is 5.11 Å². The van der Waals surface area contributed by atoms with Crippen molar-refractivity contribution in [2.24, 2.45) is 0 Å². The van der Waals surface area contributed by atoms with Gasteiger partial charge in [-0.05, 0) is 25.8 Å². The summed E-state index contributed by atoms with van der Waals surface area (Å²) in [6, 6.07) is 1.32. The Hall–Kier alpha value is -0.120. The van der Waals surface area contributed by atoms with Crippen LogP contribution in [0.1, 0.15) is 19.3 Å². The molecule has 0 amide bonds. The fourth-order valence-corrected chi connectivity index (χ4v) is 2.37. The van der Waals surface area contributed by atoms with Crippen LogP contribution in [0.3, 0.4) is 0 Å². The fraction of sp³-hybridized carbons (Fsp3) is 1.00. The number of fused-ring (bicyclic) bond motifs is 1. The zero-order valence-corrected chi connectivity index (χ0v) is 7.50. The summed E-state index contributed by atoms with van der Waals surface area (Å²) in [6.07, 6.45) is 3.63. The Kier molecular flexibility index (Phi) is 2.63. The van der Waals surface area contributed by atoms with Gasteiger partial charge in [-0.1, -0.05) is 0 Å². The summed E-state index contributed by atoms with van der Waals surface area (Å²) in [4.78, 5) is 2.57. The highest BCUT2D eigenvalue weighted by atomic mass is 16.3. The summed E-state index contributed by atoms with van der Waals surface area (Å²) >= 11 is 0. The summed E-state index contributed by atoms with van der Waals surface area (Å²) in [5, 5.41) is 12.3. The van der Waals surface area contributed by atoms with Crippen molar-refractivity contribution in [2.45, 2.75) is 31.3 Å². The van der Waals surface area contributed by atoms with Crippen molar-refractivity contribution < 1.29 is 5.11 Å². The van der Waals surface area contributed by atoms with Gasteiger partial charge in [0.15, 0.2) is 0 Å². The van der Waals surface area contributed by atoms with Crippen molar-refractivity contribution in [1.82, 2.24) is 10.2 Å². The Morgan fingerprint density at radius 2 is 2.42 bits per heavy atom. The molecule has 0 aromatic carbocycles. The van der Waals surface area contributed by atoms with Crippen molar-refractivity contribution in [1.29, 1.82) is 0 Å². The highest BCUT2D eigenvalue weighted by molar-refractivity contribution is 4.89. The molecule has 2 N–H and O–H groups in total. The second kappa shape index (κ2) is 3.73. The maximum absolute atomic E-state index is 8.80. The number of rotatable bonds is 2. The third kappa shape index (κ3) is 1.63. The normalized spacial score (nSPS) is 36.8. The van der Waals surface area contributed by atoms with Gasteiger partial charge in [-0.25, -0.2) is 0 Å². The van der Waals surface area contributed by atoms with Gasteiger partial charge in [0.25, 0.3) is 0 Å². The van der Waals surface area contributed by atoms with Gasteiger partial charge in [-0.2, -0.15) is 0 Å². The molecule has 12 heavy (non-hydrogen) atoms. The summed E-state index contributed by atoms with van der Waals surface area (Å²) in [5.41, 5.74) is 0. The summed E-state index contributed by atoms with van der Waals surface area (Å²) in [6.45, 7) is 3.86. The van der Waals surface area contributed by atoms with Crippen LogP contribution in [0.5, 0.6) is 0 Å². The monoisotopic (exact) mass is 170 g/mol. The summed E-state index contributed by atoms with van der Waals surface area (Å²) < 4.78 is 0. The molecule has 2 rings (SSSR count). The molecule has 0 unspecified atom stereocenters. The fourth-order valence-electron chi connectivity index (χ4n) is 2.37. The van der Waals surface area contributed by atoms with E-state index in [1.807, 2.05) is 0 Å². The summed E-state index contributed by atoms with van der Waals surface area (Å²) in [5.74, 6) is 0. The number of nitrogens with zero attached hydrogens (tertiary/aromatic N) is 1. The van der Waals surface area contributed by atoms with E-state index in [0.717, 1.165) is 25.6 Å². The van der Waals surface area contributed by atoms with Gasteiger partial charge in [0.1, 0.15) is 0 Å². The van der Waals surface area contributed by atoms with Crippen LogP contribution in [0.25, 0.3) is 0 Å². The van der Waals surface area contributed by atoms with Gasteiger partial charge < -0.3 is 10.4 Å². The Balaban J connectivity index is 1.84. The minimum absolute atomic E-state index is 0.316. The first-order valence-electron chi connectivity index (χ1n) is 4.98. The lowest BCUT2D eigenvalue weighted by atomic mass is 10.1. The topological polar surface area (TPSA) is 35.5 Å². The van der Waals surface area contributed by atoms with Crippen LogP contribution in [0, 0.1) is 0 Å². The number of aliphatic hydroxyl groups is 1. The minimum Gasteiger partial charge on any atom is -0.396 e. The molecule has 0 radical (unpaired) electrons. The van der Waals surface area contributed by atoms with Gasteiger partial charge in [0, 0.05) is 31.8 Å². The average Bonchev–Trinajstić information content (AvgIpc) is 2.51. The number of nitrogens with one attached hydrogen (secondary N) is 1. The second-order valence-corrected chi connectivity index (χ2v) is 3.91. The molecule has 3 heteroatoms. The van der Waals surface area contributed by atoms with Crippen LogP contribution in [-0.2, 0) is 0 Å². The highest BCUT2D eigenvalue weighted by Crippen LogP contribution is 2.20. The van der Waals surface area contributed by atoms with Gasteiger partial charge in [0.2, 0.25) is 0 Å². The maximum Gasteiger partial charge on any atom is 0.0446 e. The molecule has 0 aliphatic carbocycles. The molecule has 2 fully saturated rings. The molecule has 70 valence electrons. The minimum atomic E-state index is 0.316. The van der Waals surface area contributed by atoms with E-state index in [0.29, 0.717) is 12.6 Å². The predicted molar refractivity (Wildman–Crippen MR) is 48.1 cm³/mol. The van der Waals surface area contributed by atoms with Crippen LogP contribution in [0.15, 0.2) is 0 Å². The van der Waals surface area contributed by atoms with E-state index in [-0.39, 0.29) is 0 Å². The van der Waals surface area contributed by atoms with Crippen LogP contribution < -0.4 is 5.32 Å². The molecule has 0 spiro atoms. The van der Waals surface area contributed by atoms with E-state index < -0.39 is 0 Å². The molecule has 0 bridgehead atoms. The molecule has 0 aromatic rings. The molecule has 2 aliphatic rings. The van der Waals surface area contributed by atoms with Crippen molar-refractivity contribution in [3.63, 3.8) is 0 Å². The maximum atomic E-state index is 8.80. The molecular weight excluding hydrogens is 152 g/mol. The first-order chi connectivity index (χ1) is 5.90. The Labute approximate surface area is 73.8 Å². The quantitative estimate of drug-likeness (QED) is 0.603. The molecule has 2 atom stereocenters. The van der Waals surface area contributed by atoms with Crippen molar-refractivity contribution >= 4 is 0 Å². The lowest BCUT2D eigenvalue weighted by Crippen LogP contribution is -2.53. The third-order valence-corrected chi connectivity index (χ3v) is 3.07. The largest absolute Gasteiger partial charge is 0.396 e. The molecule has 2 saturated heterocycles. The van der Waals surface area contributed by atoms with E-state index in [1.165, 1.54) is 19.4 Å². The number of piperazine rings is 1. The first-order valence-corrected chi connectivity index (χ1v) is 4.98. The smallest absolute Gasteiger partial charge is 0.0446 e. The van der Waals surface area contributed by atoms with Crippen LogP contribution in [0.4, 0.5) is 0 Å². The molecular formula is C9H18N2O. The lowest BCUT2D eigenvalue weighted by molar-refractivity contribution is 0.152. The van der Waals surface area contributed by atoms with Crippen LogP contribution in [-0.4, -0.2) is 48.3 Å². The Morgan fingerprint density at radius 3 is 3.25 bits per heavy atom. The number of hydrogen-bond donors (Lipinski definition) is 2. The Morgan fingerprint density at radius 1 is 1.50 bits per heavy atom. The van der Waals surface area contributed by atoms with E-state index in [9.17, 15) is 0 Å². The number of hydrogen-bond acceptors (Lipinski definition) is 3. The SMILES string of the molecule is OCC[C@H]1CN2CCC[C@H]2CN1. The third-order valence-electron chi connectivity index (χ3n) is 3.07. The van der Waals surface area contributed by atoms with Gasteiger partial charge in [-0.3, -0.25) is 4.90 Å². The molecule has 2 aliphatic heterocycles. The van der Waals surface area contributed by atoms with Crippen LogP contribution in [0.2, 0.25) is 0 Å². The number of aliphatic hydroxyl groups excluding tert-OH is 1. The standard InChI is InChI=1S/C9H18N2O/c12-5-3-8-7-11-4-1-2-9(11)6-10-8/h8-10,12H,1-7H2/t8-,9-/m0/s1. The van der Waals surface area contributed by atoms with Crippen molar-refractivity contribution in [2.75, 3.05) is 26.2 Å². The zero-order chi connectivity index (χ0) is 8.39. The molecule has 2 heterocycles. The van der Waals surface area contributed by atoms with Crippen LogP contribution >= 0.6 is 0 Å². The van der Waals surface area contributed by atoms with E-state index in [2.05, 4.69) is 10.2 Å². The second-order valence-electron chi connectivity index (χ2n) is 3.91. The summed E-state index contributed by atoms with van der Waals surface area (Å²) in [7, 11) is 0. The van der Waals surface area contributed by atoms with Gasteiger partial charge in [-0.15, -0.1) is 0 Å². The average molecular weight is 170 g/mol. The molecule has 3 nitrogen and oxygen atoms in total. The van der Waals surface area contributed by atoms with E-state index >= 15 is 0 Å². The van der Waals surface area contributed by atoms with Crippen molar-refractivity contribution in [3.05, 3.63) is 0 Å². The molecule has 0 aromatic heterocycles. The van der Waals surface area contributed by atoms with Gasteiger partial charge >= 0.3 is 0 Å². The van der Waals surface area contributed by atoms with Gasteiger partial charge in [0.05, 0.1) is 0 Å². The lowest BCUT2D eigenvalue weighted by Gasteiger charge is -2.35. The molecule has 0 saturated carbocycles. The Bertz CT molecular complexity index is 151. The van der Waals surface area contributed by atoms with Crippen molar-refractivity contribution in [3.8, 4) is 0 Å². The van der Waals surface area contributed by atoms with E-state index in [1.54, 1.807) is 0 Å². The first kappa shape index (κ1) is 8.48. The zero-order valence-electron chi connectivity index (χ0n) is 7.50. The highest BCUT2D eigenvalue weighted by Gasteiger charge is 2.30.